The Morgan fingerprint density at radius 2 is 1.53 bits per heavy atom. The summed E-state index contributed by atoms with van der Waals surface area (Å²) in [5.41, 5.74) is 1.20. The molecular weight excluding hydrogens is 247 g/mol. The van der Waals surface area contributed by atoms with Gasteiger partial charge in [-0.15, -0.1) is 0 Å². The molecule has 0 radical (unpaired) electrons. The lowest BCUT2D eigenvalue weighted by atomic mass is 10.2. The first-order valence-corrected chi connectivity index (χ1v) is 12.6. The topological polar surface area (TPSA) is 9.23 Å². The van der Waals surface area contributed by atoms with Crippen LogP contribution in [0.25, 0.3) is 0 Å². The maximum Gasteiger partial charge on any atom is 0.173 e. The summed E-state index contributed by atoms with van der Waals surface area (Å²) in [7, 11) is -3.01. The summed E-state index contributed by atoms with van der Waals surface area (Å²) in [6.45, 7) is 11.3. The van der Waals surface area contributed by atoms with Gasteiger partial charge in [0.25, 0.3) is 0 Å². The Bertz CT molecular complexity index is 355. The van der Waals surface area contributed by atoms with Crippen LogP contribution in [0, 0.1) is 5.82 Å². The second-order valence-electron chi connectivity index (χ2n) is 6.10. The van der Waals surface area contributed by atoms with Gasteiger partial charge in [-0.25, -0.2) is 4.39 Å². The minimum atomic E-state index is -1.57. The van der Waals surface area contributed by atoms with Crippen LogP contribution in [0.4, 0.5) is 4.39 Å². The van der Waals surface area contributed by atoms with E-state index in [4.69, 9.17) is 4.12 Å². The molecule has 0 saturated carbocycles. The Morgan fingerprint density at radius 1 is 1.00 bits per heavy atom. The molecule has 1 nitrogen and oxygen atoms in total. The van der Waals surface area contributed by atoms with Crippen LogP contribution in [0.5, 0.6) is 0 Å². The summed E-state index contributed by atoms with van der Waals surface area (Å²) in [6, 6.07) is 7.90. The SMILES string of the molecule is C[Si](C)(C)O[Si](C)(C)CCc1ccc(F)cc1. The van der Waals surface area contributed by atoms with Crippen molar-refractivity contribution in [3.63, 3.8) is 0 Å². The Kier molecular flexibility index (Phi) is 4.69. The van der Waals surface area contributed by atoms with Crippen molar-refractivity contribution in [1.29, 1.82) is 0 Å². The van der Waals surface area contributed by atoms with Gasteiger partial charge in [0.15, 0.2) is 16.6 Å². The van der Waals surface area contributed by atoms with Crippen LogP contribution in [0.3, 0.4) is 0 Å². The highest BCUT2D eigenvalue weighted by atomic mass is 28.4. The number of hydrogen-bond acceptors (Lipinski definition) is 1. The Hall–Kier alpha value is -0.456. The van der Waals surface area contributed by atoms with E-state index < -0.39 is 16.6 Å². The van der Waals surface area contributed by atoms with Gasteiger partial charge in [0.2, 0.25) is 0 Å². The summed E-state index contributed by atoms with van der Waals surface area (Å²) in [6.07, 6.45) is 0.990. The average molecular weight is 270 g/mol. The summed E-state index contributed by atoms with van der Waals surface area (Å²) in [5, 5.41) is 0. The van der Waals surface area contributed by atoms with Crippen LogP contribution in [-0.4, -0.2) is 16.6 Å². The lowest BCUT2D eigenvalue weighted by molar-refractivity contribution is 0.547. The molecule has 96 valence electrons. The smallest absolute Gasteiger partial charge is 0.173 e. The molecule has 0 spiro atoms. The maximum atomic E-state index is 12.8. The van der Waals surface area contributed by atoms with Crippen molar-refractivity contribution in [1.82, 2.24) is 0 Å². The predicted molar refractivity (Wildman–Crippen MR) is 76.8 cm³/mol. The standard InChI is InChI=1S/C13H23FOSi2/c1-16(2,3)15-17(4,5)11-10-12-6-8-13(14)9-7-12/h6-9H,10-11H2,1-5H3. The van der Waals surface area contributed by atoms with Crippen molar-refractivity contribution in [3.8, 4) is 0 Å². The fourth-order valence-corrected chi connectivity index (χ4v) is 9.91. The summed E-state index contributed by atoms with van der Waals surface area (Å²) >= 11 is 0. The van der Waals surface area contributed by atoms with Gasteiger partial charge in [-0.3, -0.25) is 0 Å². The summed E-state index contributed by atoms with van der Waals surface area (Å²) in [4.78, 5) is 0. The van der Waals surface area contributed by atoms with E-state index in [0.717, 1.165) is 12.5 Å². The Morgan fingerprint density at radius 3 is 2.00 bits per heavy atom. The second kappa shape index (κ2) is 5.46. The molecule has 4 heteroatoms. The van der Waals surface area contributed by atoms with Crippen molar-refractivity contribution < 1.29 is 8.51 Å². The molecule has 0 aromatic heterocycles. The van der Waals surface area contributed by atoms with Crippen molar-refractivity contribution in [2.24, 2.45) is 0 Å². The number of halogens is 1. The molecule has 0 saturated heterocycles. The summed E-state index contributed by atoms with van der Waals surface area (Å²) in [5.74, 6) is -0.163. The minimum Gasteiger partial charge on any atom is -0.456 e. The van der Waals surface area contributed by atoms with Crippen molar-refractivity contribution in [3.05, 3.63) is 35.6 Å². The molecule has 0 atom stereocenters. The van der Waals surface area contributed by atoms with Gasteiger partial charge in [-0.1, -0.05) is 12.1 Å². The molecule has 1 aromatic carbocycles. The molecule has 0 aliphatic rings. The first kappa shape index (κ1) is 14.6. The number of hydrogen-bond donors (Lipinski definition) is 0. The van der Waals surface area contributed by atoms with Crippen molar-refractivity contribution in [2.45, 2.75) is 45.2 Å². The third-order valence-electron chi connectivity index (χ3n) is 2.51. The van der Waals surface area contributed by atoms with E-state index in [1.807, 2.05) is 12.1 Å². The molecule has 0 aliphatic carbocycles. The Balaban J connectivity index is 2.52. The first-order chi connectivity index (χ1) is 7.68. The Labute approximate surface area is 106 Å². The van der Waals surface area contributed by atoms with Gasteiger partial charge in [0, 0.05) is 0 Å². The lowest BCUT2D eigenvalue weighted by Gasteiger charge is -2.31. The maximum absolute atomic E-state index is 12.8. The zero-order valence-electron chi connectivity index (χ0n) is 11.5. The molecule has 0 amide bonds. The number of aryl methyl sites for hydroxylation is 1. The van der Waals surface area contributed by atoms with Gasteiger partial charge >= 0.3 is 0 Å². The third kappa shape index (κ3) is 6.14. The van der Waals surface area contributed by atoms with Crippen LogP contribution < -0.4 is 0 Å². The van der Waals surface area contributed by atoms with Gasteiger partial charge in [-0.05, 0) is 62.9 Å². The van der Waals surface area contributed by atoms with Gasteiger partial charge in [-0.2, -0.15) is 0 Å². The highest BCUT2D eigenvalue weighted by Crippen LogP contribution is 2.20. The molecule has 1 rings (SSSR count). The average Bonchev–Trinajstić information content (AvgIpc) is 2.13. The van der Waals surface area contributed by atoms with E-state index in [0.29, 0.717) is 0 Å². The van der Waals surface area contributed by atoms with E-state index in [9.17, 15) is 4.39 Å². The summed E-state index contributed by atoms with van der Waals surface area (Å²) < 4.78 is 19.0. The third-order valence-corrected chi connectivity index (χ3v) is 8.63. The molecule has 0 unspecified atom stereocenters. The molecule has 0 aliphatic heterocycles. The second-order valence-corrected chi connectivity index (χ2v) is 15.2. The van der Waals surface area contributed by atoms with E-state index in [1.165, 1.54) is 17.7 Å². The van der Waals surface area contributed by atoms with E-state index in [1.54, 1.807) is 0 Å². The first-order valence-electron chi connectivity index (χ1n) is 6.13. The lowest BCUT2D eigenvalue weighted by Crippen LogP contribution is -2.42. The number of rotatable bonds is 5. The predicted octanol–water partition coefficient (Wildman–Crippen LogP) is 4.42. The monoisotopic (exact) mass is 270 g/mol. The normalized spacial score (nSPS) is 12.8. The van der Waals surface area contributed by atoms with Crippen LogP contribution in [0.15, 0.2) is 24.3 Å². The molecule has 17 heavy (non-hydrogen) atoms. The molecule has 1 aromatic rings. The van der Waals surface area contributed by atoms with Gasteiger partial charge < -0.3 is 4.12 Å². The van der Waals surface area contributed by atoms with Crippen LogP contribution in [-0.2, 0) is 10.5 Å². The van der Waals surface area contributed by atoms with Crippen LogP contribution >= 0.6 is 0 Å². The van der Waals surface area contributed by atoms with Crippen LogP contribution in [0.1, 0.15) is 5.56 Å². The largest absolute Gasteiger partial charge is 0.456 e. The molecule has 0 heterocycles. The van der Waals surface area contributed by atoms with Crippen molar-refractivity contribution in [2.75, 3.05) is 0 Å². The number of benzene rings is 1. The molecule has 0 fully saturated rings. The van der Waals surface area contributed by atoms with E-state index in [2.05, 4.69) is 32.7 Å². The zero-order valence-corrected chi connectivity index (χ0v) is 13.5. The van der Waals surface area contributed by atoms with Crippen LogP contribution in [0.2, 0.25) is 38.8 Å². The molecule has 0 bridgehead atoms. The molecule has 0 N–H and O–H groups in total. The highest BCUT2D eigenvalue weighted by molar-refractivity contribution is 6.84. The van der Waals surface area contributed by atoms with E-state index >= 15 is 0 Å². The minimum absolute atomic E-state index is 0.163. The molecular formula is C13H23FOSi2. The van der Waals surface area contributed by atoms with Crippen molar-refractivity contribution >= 4 is 16.6 Å². The van der Waals surface area contributed by atoms with Gasteiger partial charge in [0.05, 0.1) is 0 Å². The fraction of sp³-hybridized carbons (Fsp3) is 0.538. The van der Waals surface area contributed by atoms with E-state index in [-0.39, 0.29) is 5.82 Å². The highest BCUT2D eigenvalue weighted by Gasteiger charge is 2.29. The van der Waals surface area contributed by atoms with Gasteiger partial charge in [0.1, 0.15) is 5.82 Å². The quantitative estimate of drug-likeness (QED) is 0.719. The zero-order chi connectivity index (χ0) is 13.1. The fourth-order valence-electron chi connectivity index (χ4n) is 1.98.